The number of carbonyl (C=O) groups is 2. The highest BCUT2D eigenvalue weighted by Gasteiger charge is 2.26. The summed E-state index contributed by atoms with van der Waals surface area (Å²) in [6, 6.07) is 25.1. The van der Waals surface area contributed by atoms with Gasteiger partial charge >= 0.3 is 0 Å². The highest BCUT2D eigenvalue weighted by atomic mass is 16.2. The van der Waals surface area contributed by atoms with Crippen LogP contribution in [-0.4, -0.2) is 88.4 Å². The molecule has 51 heavy (non-hydrogen) atoms. The molecule has 8 rings (SSSR count). The number of hydrogen-bond acceptors (Lipinski definition) is 8. The number of carbonyl (C=O) groups excluding carboxylic acids is 2. The van der Waals surface area contributed by atoms with Crippen molar-refractivity contribution >= 4 is 45.3 Å². The van der Waals surface area contributed by atoms with E-state index in [2.05, 4.69) is 36.1 Å². The van der Waals surface area contributed by atoms with Crippen LogP contribution < -0.4 is 21.5 Å². The number of amides is 2. The van der Waals surface area contributed by atoms with Crippen molar-refractivity contribution in [3.63, 3.8) is 0 Å². The minimum Gasteiger partial charge on any atom is -0.366 e. The molecule has 0 atom stereocenters. The van der Waals surface area contributed by atoms with Gasteiger partial charge in [-0.15, -0.1) is 0 Å². The Morgan fingerprint density at radius 3 is 2.25 bits per heavy atom. The number of fused-ring (bicyclic) bond motifs is 3. The number of H-pyrrole nitrogens is 1. The van der Waals surface area contributed by atoms with E-state index in [0.29, 0.717) is 34.3 Å². The van der Waals surface area contributed by atoms with Crippen LogP contribution in [0, 0.1) is 0 Å². The third kappa shape index (κ3) is 8.10. The first-order valence-electron chi connectivity index (χ1n) is 18.2. The lowest BCUT2D eigenvalue weighted by Gasteiger charge is -2.38. The Hall–Kier alpha value is -5.13. The van der Waals surface area contributed by atoms with Crippen LogP contribution in [0.15, 0.2) is 83.7 Å². The number of rotatable bonds is 7. The van der Waals surface area contributed by atoms with Crippen LogP contribution >= 0.6 is 0 Å². The summed E-state index contributed by atoms with van der Waals surface area (Å²) < 4.78 is 0. The summed E-state index contributed by atoms with van der Waals surface area (Å²) in [5, 5.41) is 4.26. The number of piperidine rings is 1. The molecule has 0 unspecified atom stereocenters. The quantitative estimate of drug-likeness (QED) is 0.193. The molecule has 1 aliphatic carbocycles. The van der Waals surface area contributed by atoms with Gasteiger partial charge < -0.3 is 20.9 Å². The lowest BCUT2D eigenvalue weighted by Crippen LogP contribution is -2.50. The maximum atomic E-state index is 12.3. The molecule has 2 saturated heterocycles. The normalized spacial score (nSPS) is 17.3. The Morgan fingerprint density at radius 1 is 0.765 bits per heavy atom. The standard InChI is InChI=1S/C21H26N4O.C19H20N4O2/c22-21(26)18-9-4-3-8-17(18)19-10-5-11-20(23-19)25-14-12-24(13-15-25)16-6-1-2-7-16;24-17(12-23-10-4-1-5-11-23)21-16-9-8-15-18(22-16)13-6-2-3-7-14(13)19(25)20-15/h3-5,8-11,16H,1-2,6-7,12-15H2,(H2,22,26);2-3,6-9H,1,4-5,10-12H2,(H,20,25)(H,21,22,24). The van der Waals surface area contributed by atoms with Crippen LogP contribution in [-0.2, 0) is 4.79 Å². The molecular formula is C40H46N8O3. The number of likely N-dealkylation sites (tertiary alicyclic amines) is 1. The number of hydrogen-bond donors (Lipinski definition) is 3. The fourth-order valence-electron chi connectivity index (χ4n) is 7.67. The van der Waals surface area contributed by atoms with Crippen LogP contribution in [0.3, 0.4) is 0 Å². The Bertz CT molecular complexity index is 2060. The fourth-order valence-corrected chi connectivity index (χ4v) is 7.67. The zero-order valence-corrected chi connectivity index (χ0v) is 29.0. The first-order chi connectivity index (χ1) is 24.9. The minimum absolute atomic E-state index is 0.0533. The van der Waals surface area contributed by atoms with Gasteiger partial charge in [0.05, 0.1) is 23.3 Å². The molecule has 0 bridgehead atoms. The third-order valence-corrected chi connectivity index (χ3v) is 10.3. The molecule has 0 radical (unpaired) electrons. The van der Waals surface area contributed by atoms with Crippen molar-refractivity contribution in [2.45, 2.75) is 51.0 Å². The Labute approximate surface area is 297 Å². The van der Waals surface area contributed by atoms with Gasteiger partial charge in [-0.05, 0) is 75.2 Å². The molecule has 11 heteroatoms. The predicted octanol–water partition coefficient (Wildman–Crippen LogP) is 5.41. The van der Waals surface area contributed by atoms with E-state index in [9.17, 15) is 14.4 Å². The fraction of sp³-hybridized carbons (Fsp3) is 0.375. The highest BCUT2D eigenvalue weighted by molar-refractivity contribution is 6.04. The number of anilines is 2. The van der Waals surface area contributed by atoms with E-state index >= 15 is 0 Å². The van der Waals surface area contributed by atoms with Gasteiger partial charge in [0.25, 0.3) is 5.56 Å². The molecule has 5 aromatic rings. The van der Waals surface area contributed by atoms with E-state index in [-0.39, 0.29) is 11.5 Å². The first-order valence-corrected chi connectivity index (χ1v) is 18.2. The lowest BCUT2D eigenvalue weighted by molar-refractivity contribution is -0.117. The summed E-state index contributed by atoms with van der Waals surface area (Å²) in [5.74, 6) is 1.01. The second-order valence-corrected chi connectivity index (χ2v) is 13.7. The van der Waals surface area contributed by atoms with Crippen LogP contribution in [0.2, 0.25) is 0 Å². The van der Waals surface area contributed by atoms with E-state index in [1.807, 2.05) is 48.5 Å². The van der Waals surface area contributed by atoms with Gasteiger partial charge in [0.2, 0.25) is 11.8 Å². The summed E-state index contributed by atoms with van der Waals surface area (Å²) >= 11 is 0. The third-order valence-electron chi connectivity index (χ3n) is 10.3. The zero-order chi connectivity index (χ0) is 35.2. The second-order valence-electron chi connectivity index (χ2n) is 13.7. The Morgan fingerprint density at radius 2 is 1.49 bits per heavy atom. The number of nitrogens with one attached hydrogen (secondary N) is 2. The molecule has 3 aliphatic rings. The van der Waals surface area contributed by atoms with Gasteiger partial charge in [-0.3, -0.25) is 24.2 Å². The van der Waals surface area contributed by atoms with Gasteiger partial charge in [-0.2, -0.15) is 0 Å². The molecular weight excluding hydrogens is 640 g/mol. The minimum atomic E-state index is -0.419. The maximum absolute atomic E-state index is 12.3. The van der Waals surface area contributed by atoms with Crippen molar-refractivity contribution in [3.05, 3.63) is 94.8 Å². The molecule has 5 heterocycles. The Balaban J connectivity index is 0.000000159. The summed E-state index contributed by atoms with van der Waals surface area (Å²) in [4.78, 5) is 55.5. The summed E-state index contributed by atoms with van der Waals surface area (Å²) in [7, 11) is 0. The monoisotopic (exact) mass is 686 g/mol. The summed E-state index contributed by atoms with van der Waals surface area (Å²) in [6.45, 7) is 6.57. The van der Waals surface area contributed by atoms with E-state index < -0.39 is 5.91 Å². The van der Waals surface area contributed by atoms with Crippen LogP contribution in [0.1, 0.15) is 55.3 Å². The number of benzene rings is 2. The number of nitrogens with zero attached hydrogens (tertiary/aromatic N) is 5. The van der Waals surface area contributed by atoms with Crippen LogP contribution in [0.25, 0.3) is 33.1 Å². The predicted molar refractivity (Wildman–Crippen MR) is 203 cm³/mol. The van der Waals surface area contributed by atoms with Gasteiger partial charge in [0.15, 0.2) is 0 Å². The zero-order valence-electron chi connectivity index (χ0n) is 29.0. The summed E-state index contributed by atoms with van der Waals surface area (Å²) in [5.41, 5.74) is 8.86. The van der Waals surface area contributed by atoms with Crippen molar-refractivity contribution in [2.24, 2.45) is 5.73 Å². The number of aromatic nitrogens is 3. The average Bonchev–Trinajstić information content (AvgIpc) is 3.72. The highest BCUT2D eigenvalue weighted by Crippen LogP contribution is 2.27. The lowest BCUT2D eigenvalue weighted by atomic mass is 10.0. The SMILES string of the molecule is NC(=O)c1ccccc1-c1cccc(N2CCN(C3CCCC3)CC2)n1.O=C(CN1CCCCC1)Nc1ccc2[nH]c(=O)c3ccccc3c2n1. The number of pyridine rings is 3. The van der Waals surface area contributed by atoms with E-state index in [1.165, 1.54) is 32.1 Å². The number of primary amides is 1. The van der Waals surface area contributed by atoms with Crippen molar-refractivity contribution in [2.75, 3.05) is 56.0 Å². The van der Waals surface area contributed by atoms with E-state index in [4.69, 9.17) is 10.7 Å². The second kappa shape index (κ2) is 15.8. The molecule has 264 valence electrons. The molecule has 3 fully saturated rings. The summed E-state index contributed by atoms with van der Waals surface area (Å²) in [6.07, 6.45) is 9.04. The van der Waals surface area contributed by atoms with Crippen LogP contribution in [0.4, 0.5) is 11.6 Å². The first kappa shape index (κ1) is 34.3. The van der Waals surface area contributed by atoms with E-state index in [1.54, 1.807) is 24.3 Å². The topological polar surface area (TPSA) is 141 Å². The van der Waals surface area contributed by atoms with Gasteiger partial charge in [-0.1, -0.05) is 61.7 Å². The van der Waals surface area contributed by atoms with Crippen molar-refractivity contribution < 1.29 is 9.59 Å². The molecule has 2 aromatic carbocycles. The van der Waals surface area contributed by atoms with Gasteiger partial charge in [-0.25, -0.2) is 9.97 Å². The van der Waals surface area contributed by atoms with E-state index in [0.717, 1.165) is 80.6 Å². The van der Waals surface area contributed by atoms with Crippen molar-refractivity contribution in [3.8, 4) is 11.3 Å². The maximum Gasteiger partial charge on any atom is 0.256 e. The van der Waals surface area contributed by atoms with Crippen LogP contribution in [0.5, 0.6) is 0 Å². The molecule has 2 amide bonds. The average molecular weight is 687 g/mol. The number of piperazine rings is 1. The van der Waals surface area contributed by atoms with Gasteiger partial charge in [0, 0.05) is 54.1 Å². The number of aromatic amines is 1. The number of nitrogens with two attached hydrogens (primary N) is 1. The van der Waals surface area contributed by atoms with Crippen molar-refractivity contribution in [1.29, 1.82) is 0 Å². The van der Waals surface area contributed by atoms with Crippen molar-refractivity contribution in [1.82, 2.24) is 24.8 Å². The smallest absolute Gasteiger partial charge is 0.256 e. The molecule has 11 nitrogen and oxygen atoms in total. The molecule has 4 N–H and O–H groups in total. The molecule has 1 saturated carbocycles. The van der Waals surface area contributed by atoms with Gasteiger partial charge in [0.1, 0.15) is 11.6 Å². The molecule has 0 spiro atoms. The molecule has 2 aliphatic heterocycles. The molecule has 3 aromatic heterocycles. The largest absolute Gasteiger partial charge is 0.366 e. The Kier molecular flexibility index (Phi) is 10.7.